The second kappa shape index (κ2) is 5.57. The van der Waals surface area contributed by atoms with Gasteiger partial charge in [0.1, 0.15) is 5.54 Å². The number of thiophene rings is 1. The molecular formula is C15H12Cl2N2O2S. The van der Waals surface area contributed by atoms with Gasteiger partial charge in [-0.25, -0.2) is 4.79 Å². The van der Waals surface area contributed by atoms with Crippen LogP contribution in [0.25, 0.3) is 0 Å². The normalized spacial score (nSPS) is 21.3. The van der Waals surface area contributed by atoms with E-state index in [0.717, 1.165) is 5.56 Å². The summed E-state index contributed by atoms with van der Waals surface area (Å²) in [6, 6.07) is 6.39. The summed E-state index contributed by atoms with van der Waals surface area (Å²) in [6.45, 7) is 1.82. The van der Waals surface area contributed by atoms with E-state index in [9.17, 15) is 9.59 Å². The first-order valence-corrected chi connectivity index (χ1v) is 8.22. The highest BCUT2D eigenvalue weighted by Gasteiger charge is 2.49. The van der Waals surface area contributed by atoms with E-state index in [1.807, 2.05) is 16.8 Å². The van der Waals surface area contributed by atoms with Crippen LogP contribution in [0.4, 0.5) is 4.79 Å². The molecule has 0 radical (unpaired) electrons. The summed E-state index contributed by atoms with van der Waals surface area (Å²) >= 11 is 13.5. The quantitative estimate of drug-likeness (QED) is 0.846. The van der Waals surface area contributed by atoms with Gasteiger partial charge in [0.2, 0.25) is 0 Å². The lowest BCUT2D eigenvalue weighted by Crippen LogP contribution is -2.40. The Bertz CT molecular complexity index is 748. The molecule has 3 rings (SSSR count). The lowest BCUT2D eigenvalue weighted by atomic mass is 9.95. The second-order valence-electron chi connectivity index (χ2n) is 5.19. The van der Waals surface area contributed by atoms with Crippen molar-refractivity contribution in [3.8, 4) is 0 Å². The minimum absolute atomic E-state index is 0.112. The summed E-state index contributed by atoms with van der Waals surface area (Å²) in [5.74, 6) is -0.290. The minimum atomic E-state index is -1.03. The van der Waals surface area contributed by atoms with Gasteiger partial charge in [0.25, 0.3) is 5.91 Å². The molecule has 1 aliphatic heterocycles. The maximum atomic E-state index is 12.7. The molecule has 1 aliphatic rings. The van der Waals surface area contributed by atoms with Crippen molar-refractivity contribution < 1.29 is 9.59 Å². The Morgan fingerprint density at radius 1 is 1.27 bits per heavy atom. The van der Waals surface area contributed by atoms with Crippen molar-refractivity contribution >= 4 is 46.5 Å². The lowest BCUT2D eigenvalue weighted by molar-refractivity contribution is -0.131. The van der Waals surface area contributed by atoms with Gasteiger partial charge in [-0.15, -0.1) is 0 Å². The number of hydrogen-bond acceptors (Lipinski definition) is 3. The first-order valence-electron chi connectivity index (χ1n) is 6.52. The number of imide groups is 1. The second-order valence-corrected chi connectivity index (χ2v) is 6.82. The van der Waals surface area contributed by atoms with Crippen LogP contribution in [0.2, 0.25) is 10.0 Å². The fraction of sp³-hybridized carbons (Fsp3) is 0.200. The van der Waals surface area contributed by atoms with Crippen LogP contribution >= 0.6 is 34.5 Å². The molecule has 1 atom stereocenters. The molecule has 22 heavy (non-hydrogen) atoms. The number of nitrogens with one attached hydrogen (secondary N) is 1. The Morgan fingerprint density at radius 2 is 2.05 bits per heavy atom. The van der Waals surface area contributed by atoms with Crippen molar-refractivity contribution in [1.82, 2.24) is 10.2 Å². The Kier molecular flexibility index (Phi) is 3.89. The van der Waals surface area contributed by atoms with Crippen molar-refractivity contribution in [2.45, 2.75) is 19.0 Å². The van der Waals surface area contributed by atoms with Crippen LogP contribution in [0.1, 0.15) is 18.1 Å². The third kappa shape index (κ3) is 2.49. The van der Waals surface area contributed by atoms with E-state index >= 15 is 0 Å². The molecule has 1 unspecified atom stereocenters. The zero-order valence-corrected chi connectivity index (χ0v) is 13.9. The molecule has 2 heterocycles. The van der Waals surface area contributed by atoms with Gasteiger partial charge in [0.15, 0.2) is 0 Å². The van der Waals surface area contributed by atoms with Crippen molar-refractivity contribution in [3.05, 3.63) is 56.2 Å². The fourth-order valence-electron chi connectivity index (χ4n) is 2.41. The Hall–Kier alpha value is -1.56. The van der Waals surface area contributed by atoms with E-state index < -0.39 is 11.6 Å². The highest BCUT2D eigenvalue weighted by molar-refractivity contribution is 7.08. The van der Waals surface area contributed by atoms with E-state index in [2.05, 4.69) is 5.32 Å². The third-order valence-corrected chi connectivity index (χ3v) is 4.99. The van der Waals surface area contributed by atoms with Crippen LogP contribution in [0, 0.1) is 0 Å². The van der Waals surface area contributed by atoms with Crippen LogP contribution in [0.5, 0.6) is 0 Å². The summed E-state index contributed by atoms with van der Waals surface area (Å²) in [7, 11) is 0. The number of halogens is 2. The van der Waals surface area contributed by atoms with E-state index in [1.165, 1.54) is 16.2 Å². The topological polar surface area (TPSA) is 49.4 Å². The number of urea groups is 1. The Balaban J connectivity index is 1.89. The minimum Gasteiger partial charge on any atom is -0.319 e. The predicted octanol–water partition coefficient (Wildman–Crippen LogP) is 4.02. The van der Waals surface area contributed by atoms with Gasteiger partial charge >= 0.3 is 6.03 Å². The molecule has 7 heteroatoms. The maximum absolute atomic E-state index is 12.7. The van der Waals surface area contributed by atoms with Crippen LogP contribution < -0.4 is 5.32 Å². The number of rotatable bonds is 3. The molecule has 2 aromatic rings. The lowest BCUT2D eigenvalue weighted by Gasteiger charge is -2.20. The highest BCUT2D eigenvalue weighted by Crippen LogP contribution is 2.32. The number of carbonyl (C=O) groups is 2. The molecular weight excluding hydrogens is 343 g/mol. The molecule has 0 aliphatic carbocycles. The molecule has 1 N–H and O–H groups in total. The zero-order valence-electron chi connectivity index (χ0n) is 11.6. The molecule has 114 valence electrons. The SMILES string of the molecule is CC1(c2ccsc2)NC(=O)N(Cc2ccc(Cl)cc2Cl)C1=O. The standard InChI is InChI=1S/C15H12Cl2N2O2S/c1-15(10-4-5-22-8-10)13(20)19(14(21)18-15)7-9-2-3-11(16)6-12(9)17/h2-6,8H,7H2,1H3,(H,18,21). The van der Waals surface area contributed by atoms with Gasteiger partial charge in [-0.2, -0.15) is 11.3 Å². The van der Waals surface area contributed by atoms with E-state index in [0.29, 0.717) is 15.6 Å². The Labute approximate surface area is 141 Å². The van der Waals surface area contributed by atoms with Crippen molar-refractivity contribution in [1.29, 1.82) is 0 Å². The number of nitrogens with zero attached hydrogens (tertiary/aromatic N) is 1. The van der Waals surface area contributed by atoms with Crippen molar-refractivity contribution in [3.63, 3.8) is 0 Å². The number of amides is 3. The van der Waals surface area contributed by atoms with Crippen LogP contribution in [0.3, 0.4) is 0 Å². The molecule has 1 fully saturated rings. The summed E-state index contributed by atoms with van der Waals surface area (Å²) in [5, 5.41) is 7.43. The molecule has 4 nitrogen and oxygen atoms in total. The average Bonchev–Trinajstić information content (AvgIpc) is 3.06. The summed E-state index contributed by atoms with van der Waals surface area (Å²) in [4.78, 5) is 26.1. The van der Waals surface area contributed by atoms with Gasteiger partial charge in [0, 0.05) is 10.0 Å². The largest absolute Gasteiger partial charge is 0.325 e. The maximum Gasteiger partial charge on any atom is 0.325 e. The first-order chi connectivity index (χ1) is 10.4. The van der Waals surface area contributed by atoms with Crippen LogP contribution in [0.15, 0.2) is 35.0 Å². The molecule has 0 spiro atoms. The smallest absolute Gasteiger partial charge is 0.319 e. The number of benzene rings is 1. The van der Waals surface area contributed by atoms with Crippen LogP contribution in [-0.2, 0) is 16.9 Å². The molecule has 0 bridgehead atoms. The van der Waals surface area contributed by atoms with Crippen LogP contribution in [-0.4, -0.2) is 16.8 Å². The van der Waals surface area contributed by atoms with E-state index in [-0.39, 0.29) is 12.5 Å². The summed E-state index contributed by atoms with van der Waals surface area (Å²) < 4.78 is 0. The molecule has 0 saturated carbocycles. The van der Waals surface area contributed by atoms with E-state index in [1.54, 1.807) is 25.1 Å². The number of carbonyl (C=O) groups excluding carboxylic acids is 2. The Morgan fingerprint density at radius 3 is 2.68 bits per heavy atom. The summed E-state index contributed by atoms with van der Waals surface area (Å²) in [5.41, 5.74) is 0.417. The molecule has 1 aromatic heterocycles. The van der Waals surface area contributed by atoms with Crippen molar-refractivity contribution in [2.75, 3.05) is 0 Å². The van der Waals surface area contributed by atoms with Crippen molar-refractivity contribution in [2.24, 2.45) is 0 Å². The monoisotopic (exact) mass is 354 g/mol. The highest BCUT2D eigenvalue weighted by atomic mass is 35.5. The third-order valence-electron chi connectivity index (χ3n) is 3.72. The first kappa shape index (κ1) is 15.3. The summed E-state index contributed by atoms with van der Waals surface area (Å²) in [6.07, 6.45) is 0. The average molecular weight is 355 g/mol. The van der Waals surface area contributed by atoms with Gasteiger partial charge in [0.05, 0.1) is 6.54 Å². The predicted molar refractivity (Wildman–Crippen MR) is 87.2 cm³/mol. The molecule has 3 amide bonds. The van der Waals surface area contributed by atoms with Gasteiger partial charge in [-0.3, -0.25) is 9.69 Å². The van der Waals surface area contributed by atoms with E-state index in [4.69, 9.17) is 23.2 Å². The zero-order chi connectivity index (χ0) is 15.9. The number of hydrogen-bond donors (Lipinski definition) is 1. The molecule has 1 aromatic carbocycles. The van der Waals surface area contributed by atoms with Gasteiger partial charge < -0.3 is 5.32 Å². The van der Waals surface area contributed by atoms with Gasteiger partial charge in [-0.05, 0) is 47.0 Å². The fourth-order valence-corrected chi connectivity index (χ4v) is 3.64. The van der Waals surface area contributed by atoms with Gasteiger partial charge in [-0.1, -0.05) is 29.3 Å². The molecule has 1 saturated heterocycles.